The molecule has 4 rings (SSSR count). The first kappa shape index (κ1) is 15.8. The largest absolute Gasteiger partial charge is 0.497 e. The first-order valence-electron chi connectivity index (χ1n) is 7.89. The molecule has 0 N–H and O–H groups in total. The summed E-state index contributed by atoms with van der Waals surface area (Å²) in [6.07, 6.45) is 3.53. The van der Waals surface area contributed by atoms with E-state index in [0.29, 0.717) is 17.0 Å². The maximum Gasteiger partial charge on any atom is 0.270 e. The van der Waals surface area contributed by atoms with Crippen molar-refractivity contribution in [3.8, 4) is 28.3 Å². The lowest BCUT2D eigenvalue weighted by Gasteiger charge is -2.07. The molecule has 0 fully saturated rings. The van der Waals surface area contributed by atoms with Gasteiger partial charge in [-0.2, -0.15) is 0 Å². The molecule has 0 aliphatic rings. The fourth-order valence-electron chi connectivity index (χ4n) is 2.88. The molecule has 0 saturated heterocycles. The molecular weight excluding hydrogens is 332 g/mol. The summed E-state index contributed by atoms with van der Waals surface area (Å²) in [5.41, 5.74) is 3.05. The zero-order valence-corrected chi connectivity index (χ0v) is 13.9. The number of hydrogen-bond acceptors (Lipinski definition) is 5. The number of benzene rings is 2. The van der Waals surface area contributed by atoms with Gasteiger partial charge >= 0.3 is 0 Å². The van der Waals surface area contributed by atoms with Gasteiger partial charge in [0.05, 0.1) is 23.4 Å². The van der Waals surface area contributed by atoms with Crippen molar-refractivity contribution in [3.63, 3.8) is 0 Å². The van der Waals surface area contributed by atoms with Crippen molar-refractivity contribution in [2.45, 2.75) is 0 Å². The maximum atomic E-state index is 11.1. The number of hydrogen-bond donors (Lipinski definition) is 0. The van der Waals surface area contributed by atoms with E-state index in [1.165, 1.54) is 12.1 Å². The van der Waals surface area contributed by atoms with Crippen molar-refractivity contribution in [3.05, 3.63) is 77.1 Å². The Morgan fingerprint density at radius 1 is 1.08 bits per heavy atom. The number of rotatable bonds is 4. The zero-order valence-electron chi connectivity index (χ0n) is 13.9. The number of nitro benzene ring substituents is 1. The minimum Gasteiger partial charge on any atom is -0.497 e. The summed E-state index contributed by atoms with van der Waals surface area (Å²) in [7, 11) is 1.61. The highest BCUT2D eigenvalue weighted by Gasteiger charge is 2.18. The Morgan fingerprint density at radius 2 is 1.88 bits per heavy atom. The second kappa shape index (κ2) is 6.29. The molecule has 0 aliphatic carbocycles. The number of nitrogens with zero attached hydrogens (tertiary/aromatic N) is 4. The van der Waals surface area contributed by atoms with E-state index in [4.69, 9.17) is 4.74 Å². The van der Waals surface area contributed by atoms with Gasteiger partial charge in [0.25, 0.3) is 5.69 Å². The molecular formula is C19H14N4O3. The van der Waals surface area contributed by atoms with Gasteiger partial charge in [-0.25, -0.2) is 9.97 Å². The number of fused-ring (bicyclic) bond motifs is 1. The standard InChI is InChI=1S/C19H14N4O3/c1-26-16-8-6-13(7-9-16)18-17(21-19-20-10-3-11-22(18)19)14-4-2-5-15(12-14)23(24)25/h2-12H,1H3. The molecule has 0 radical (unpaired) electrons. The summed E-state index contributed by atoms with van der Waals surface area (Å²) in [4.78, 5) is 19.6. The van der Waals surface area contributed by atoms with Crippen LogP contribution in [0.2, 0.25) is 0 Å². The van der Waals surface area contributed by atoms with Crippen LogP contribution in [0.1, 0.15) is 0 Å². The Balaban J connectivity index is 1.97. The molecule has 0 aliphatic heterocycles. The average Bonchev–Trinajstić information content (AvgIpc) is 3.08. The first-order chi connectivity index (χ1) is 12.7. The summed E-state index contributed by atoms with van der Waals surface area (Å²) >= 11 is 0. The van der Waals surface area contributed by atoms with Crippen LogP contribution in [0.4, 0.5) is 5.69 Å². The lowest BCUT2D eigenvalue weighted by Crippen LogP contribution is -1.92. The van der Waals surface area contributed by atoms with E-state index < -0.39 is 4.92 Å². The minimum atomic E-state index is -0.412. The van der Waals surface area contributed by atoms with Crippen molar-refractivity contribution < 1.29 is 9.66 Å². The third kappa shape index (κ3) is 2.65. The lowest BCUT2D eigenvalue weighted by molar-refractivity contribution is -0.384. The molecule has 0 unspecified atom stereocenters. The van der Waals surface area contributed by atoms with Gasteiger partial charge in [0.1, 0.15) is 5.75 Å². The van der Waals surface area contributed by atoms with Gasteiger partial charge in [0, 0.05) is 35.7 Å². The molecule has 2 aromatic carbocycles. The van der Waals surface area contributed by atoms with Gasteiger partial charge in [-0.1, -0.05) is 12.1 Å². The van der Waals surface area contributed by atoms with Crippen molar-refractivity contribution in [1.82, 2.24) is 14.4 Å². The summed E-state index contributed by atoms with van der Waals surface area (Å²) in [6, 6.07) is 15.8. The molecule has 2 heterocycles. The quantitative estimate of drug-likeness (QED) is 0.412. The topological polar surface area (TPSA) is 82.6 Å². The second-order valence-electron chi connectivity index (χ2n) is 5.63. The van der Waals surface area contributed by atoms with Gasteiger partial charge in [0.2, 0.25) is 5.78 Å². The van der Waals surface area contributed by atoms with E-state index in [0.717, 1.165) is 17.0 Å². The van der Waals surface area contributed by atoms with Gasteiger partial charge in [0.15, 0.2) is 0 Å². The van der Waals surface area contributed by atoms with Crippen molar-refractivity contribution in [2.75, 3.05) is 7.11 Å². The fourth-order valence-corrected chi connectivity index (χ4v) is 2.88. The predicted molar refractivity (Wildman–Crippen MR) is 97.1 cm³/mol. The fraction of sp³-hybridized carbons (Fsp3) is 0.0526. The molecule has 2 aromatic heterocycles. The van der Waals surface area contributed by atoms with Gasteiger partial charge in [-0.15, -0.1) is 0 Å². The Bertz CT molecular complexity index is 1100. The third-order valence-electron chi connectivity index (χ3n) is 4.10. The van der Waals surface area contributed by atoms with E-state index in [1.54, 1.807) is 19.4 Å². The summed E-state index contributed by atoms with van der Waals surface area (Å²) < 4.78 is 7.09. The smallest absolute Gasteiger partial charge is 0.270 e. The van der Waals surface area contributed by atoms with Crippen LogP contribution in [0.5, 0.6) is 5.75 Å². The van der Waals surface area contributed by atoms with E-state index in [2.05, 4.69) is 9.97 Å². The van der Waals surface area contributed by atoms with Crippen molar-refractivity contribution in [2.24, 2.45) is 0 Å². The molecule has 4 aromatic rings. The molecule has 7 heteroatoms. The van der Waals surface area contributed by atoms with Gasteiger partial charge < -0.3 is 4.74 Å². The predicted octanol–water partition coefficient (Wildman–Crippen LogP) is 3.98. The SMILES string of the molecule is COc1ccc(-c2c(-c3cccc([N+](=O)[O-])c3)nc3ncccn23)cc1. The summed E-state index contributed by atoms with van der Waals surface area (Å²) in [5.74, 6) is 1.28. The number of imidazole rings is 1. The lowest BCUT2D eigenvalue weighted by atomic mass is 10.0. The van der Waals surface area contributed by atoms with Crippen LogP contribution in [-0.4, -0.2) is 26.4 Å². The summed E-state index contributed by atoms with van der Waals surface area (Å²) in [5, 5.41) is 11.1. The second-order valence-corrected chi connectivity index (χ2v) is 5.63. The van der Waals surface area contributed by atoms with Crippen LogP contribution in [0, 0.1) is 10.1 Å². The normalized spacial score (nSPS) is 10.8. The number of non-ortho nitro benzene ring substituents is 1. The Hall–Kier alpha value is -3.74. The Kier molecular flexibility index (Phi) is 3.81. The van der Waals surface area contributed by atoms with Crippen LogP contribution in [-0.2, 0) is 0 Å². The van der Waals surface area contributed by atoms with Crippen LogP contribution < -0.4 is 4.74 Å². The molecule has 128 valence electrons. The molecule has 0 spiro atoms. The highest BCUT2D eigenvalue weighted by Crippen LogP contribution is 2.34. The van der Waals surface area contributed by atoms with Crippen LogP contribution in [0.15, 0.2) is 67.0 Å². The molecule has 7 nitrogen and oxygen atoms in total. The average molecular weight is 346 g/mol. The van der Waals surface area contributed by atoms with Crippen molar-refractivity contribution in [1.29, 1.82) is 0 Å². The minimum absolute atomic E-state index is 0.0215. The number of methoxy groups -OCH3 is 1. The van der Waals surface area contributed by atoms with E-state index >= 15 is 0 Å². The van der Waals surface area contributed by atoms with Crippen molar-refractivity contribution >= 4 is 11.5 Å². The summed E-state index contributed by atoms with van der Waals surface area (Å²) in [6.45, 7) is 0. The number of aromatic nitrogens is 3. The molecule has 0 saturated carbocycles. The number of ether oxygens (including phenoxy) is 1. The highest BCUT2D eigenvalue weighted by molar-refractivity contribution is 5.82. The van der Waals surface area contributed by atoms with Crippen LogP contribution >= 0.6 is 0 Å². The molecule has 0 atom stereocenters. The Labute approximate surface area is 148 Å². The highest BCUT2D eigenvalue weighted by atomic mass is 16.6. The van der Waals surface area contributed by atoms with Crippen LogP contribution in [0.3, 0.4) is 0 Å². The molecule has 26 heavy (non-hydrogen) atoms. The number of nitro groups is 1. The monoisotopic (exact) mass is 346 g/mol. The maximum absolute atomic E-state index is 11.1. The molecule has 0 amide bonds. The first-order valence-corrected chi connectivity index (χ1v) is 7.89. The van der Waals surface area contributed by atoms with E-state index in [9.17, 15) is 10.1 Å². The van der Waals surface area contributed by atoms with Gasteiger partial charge in [-0.05, 0) is 30.3 Å². The zero-order chi connectivity index (χ0) is 18.1. The Morgan fingerprint density at radius 3 is 2.62 bits per heavy atom. The third-order valence-corrected chi connectivity index (χ3v) is 4.10. The van der Waals surface area contributed by atoms with E-state index in [-0.39, 0.29) is 5.69 Å². The van der Waals surface area contributed by atoms with Crippen LogP contribution in [0.25, 0.3) is 28.3 Å². The molecule has 0 bridgehead atoms. The van der Waals surface area contributed by atoms with Gasteiger partial charge in [-0.3, -0.25) is 14.5 Å². The van der Waals surface area contributed by atoms with E-state index in [1.807, 2.05) is 47.0 Å².